The maximum atomic E-state index is 12.6. The van der Waals surface area contributed by atoms with E-state index in [1.54, 1.807) is 0 Å². The van der Waals surface area contributed by atoms with Gasteiger partial charge >= 0.3 is 6.18 Å². The zero-order chi connectivity index (χ0) is 14.6. The molecule has 19 heavy (non-hydrogen) atoms. The van der Waals surface area contributed by atoms with E-state index in [9.17, 15) is 18.0 Å². The smallest absolute Gasteiger partial charge is 0.366 e. The van der Waals surface area contributed by atoms with Crippen molar-refractivity contribution in [3.8, 4) is 0 Å². The van der Waals surface area contributed by atoms with Crippen LogP contribution in [0.1, 0.15) is 36.3 Å². The van der Waals surface area contributed by atoms with E-state index >= 15 is 0 Å². The number of hydrogen-bond donors (Lipinski definition) is 1. The number of nitrogens with two attached hydrogens (primary N) is 1. The van der Waals surface area contributed by atoms with Gasteiger partial charge in [-0.05, 0) is 18.1 Å². The van der Waals surface area contributed by atoms with Crippen molar-refractivity contribution in [2.75, 3.05) is 5.75 Å². The SMILES string of the molecule is CCC(C)CSc1nc(C(F)(F)F)ccc1C(N)=O. The van der Waals surface area contributed by atoms with Gasteiger partial charge in [-0.3, -0.25) is 4.79 Å². The summed E-state index contributed by atoms with van der Waals surface area (Å²) in [5.41, 5.74) is 4.16. The first-order valence-corrected chi connectivity index (χ1v) is 6.75. The fourth-order valence-electron chi connectivity index (χ4n) is 1.23. The van der Waals surface area contributed by atoms with Crippen LogP contribution in [-0.4, -0.2) is 16.6 Å². The van der Waals surface area contributed by atoms with Crippen LogP contribution in [0, 0.1) is 5.92 Å². The standard InChI is InChI=1S/C12H15F3N2OS/c1-3-7(2)6-19-11-8(10(16)18)4-5-9(17-11)12(13,14)15/h4-5,7H,3,6H2,1-2H3,(H2,16,18). The van der Waals surface area contributed by atoms with Crippen LogP contribution in [0.2, 0.25) is 0 Å². The highest BCUT2D eigenvalue weighted by Crippen LogP contribution is 2.31. The summed E-state index contributed by atoms with van der Waals surface area (Å²) >= 11 is 1.13. The normalized spacial score (nSPS) is 13.3. The van der Waals surface area contributed by atoms with Gasteiger partial charge in [-0.2, -0.15) is 13.2 Å². The van der Waals surface area contributed by atoms with Gasteiger partial charge in [-0.15, -0.1) is 11.8 Å². The van der Waals surface area contributed by atoms with Crippen molar-refractivity contribution >= 4 is 17.7 Å². The van der Waals surface area contributed by atoms with Gasteiger partial charge in [-0.25, -0.2) is 4.98 Å². The Hall–Kier alpha value is -1.24. The second-order valence-corrected chi connectivity index (χ2v) is 5.24. The molecule has 0 spiro atoms. The average Bonchev–Trinajstić information content (AvgIpc) is 2.34. The van der Waals surface area contributed by atoms with Crippen LogP contribution in [0.5, 0.6) is 0 Å². The summed E-state index contributed by atoms with van der Waals surface area (Å²) in [7, 11) is 0. The molecule has 0 aliphatic heterocycles. The van der Waals surface area contributed by atoms with E-state index in [1.165, 1.54) is 0 Å². The lowest BCUT2D eigenvalue weighted by Gasteiger charge is -2.12. The van der Waals surface area contributed by atoms with E-state index in [4.69, 9.17) is 5.73 Å². The number of amides is 1. The predicted octanol–water partition coefficient (Wildman–Crippen LogP) is 3.34. The monoisotopic (exact) mass is 292 g/mol. The van der Waals surface area contributed by atoms with E-state index in [-0.39, 0.29) is 10.6 Å². The third-order valence-corrected chi connectivity index (χ3v) is 3.94. The van der Waals surface area contributed by atoms with Gasteiger partial charge in [0.2, 0.25) is 0 Å². The molecule has 0 radical (unpaired) electrons. The van der Waals surface area contributed by atoms with Gasteiger partial charge in [0.25, 0.3) is 5.91 Å². The highest BCUT2D eigenvalue weighted by molar-refractivity contribution is 7.99. The minimum Gasteiger partial charge on any atom is -0.366 e. The van der Waals surface area contributed by atoms with Gasteiger partial charge < -0.3 is 5.73 Å². The van der Waals surface area contributed by atoms with Gasteiger partial charge in [0, 0.05) is 5.75 Å². The Balaban J connectivity index is 3.06. The van der Waals surface area contributed by atoms with Crippen LogP contribution < -0.4 is 5.73 Å². The molecule has 1 amide bonds. The molecule has 106 valence electrons. The van der Waals surface area contributed by atoms with Gasteiger partial charge in [0.15, 0.2) is 0 Å². The fraction of sp³-hybridized carbons (Fsp3) is 0.500. The number of carbonyl (C=O) groups is 1. The summed E-state index contributed by atoms with van der Waals surface area (Å²) in [6.45, 7) is 3.96. The molecule has 3 nitrogen and oxygen atoms in total. The number of hydrogen-bond acceptors (Lipinski definition) is 3. The molecule has 2 N–H and O–H groups in total. The Bertz CT molecular complexity index is 463. The van der Waals surface area contributed by atoms with Crippen molar-refractivity contribution in [2.24, 2.45) is 11.7 Å². The van der Waals surface area contributed by atoms with Gasteiger partial charge in [-0.1, -0.05) is 20.3 Å². The van der Waals surface area contributed by atoms with Crippen LogP contribution in [-0.2, 0) is 6.18 Å². The number of halogens is 3. The third kappa shape index (κ3) is 4.41. The number of pyridine rings is 1. The summed E-state index contributed by atoms with van der Waals surface area (Å²) in [6.07, 6.45) is -3.63. The van der Waals surface area contributed by atoms with E-state index < -0.39 is 17.8 Å². The topological polar surface area (TPSA) is 56.0 Å². The summed E-state index contributed by atoms with van der Waals surface area (Å²) in [6, 6.07) is 1.85. The molecular formula is C12H15F3N2OS. The first-order chi connectivity index (χ1) is 8.75. The quantitative estimate of drug-likeness (QED) is 0.847. The molecule has 7 heteroatoms. The molecule has 0 saturated carbocycles. The van der Waals surface area contributed by atoms with Crippen molar-refractivity contribution in [2.45, 2.75) is 31.5 Å². The highest BCUT2D eigenvalue weighted by Gasteiger charge is 2.33. The van der Waals surface area contributed by atoms with E-state index in [1.807, 2.05) is 13.8 Å². The Kier molecular flexibility index (Phi) is 5.22. The van der Waals surface area contributed by atoms with Crippen LogP contribution in [0.15, 0.2) is 17.2 Å². The minimum atomic E-state index is -4.53. The number of aromatic nitrogens is 1. The van der Waals surface area contributed by atoms with E-state index in [2.05, 4.69) is 4.98 Å². The van der Waals surface area contributed by atoms with Crippen LogP contribution in [0.4, 0.5) is 13.2 Å². The molecule has 1 rings (SSSR count). The van der Waals surface area contributed by atoms with E-state index in [0.717, 1.165) is 30.3 Å². The first-order valence-electron chi connectivity index (χ1n) is 5.76. The summed E-state index contributed by atoms with van der Waals surface area (Å²) < 4.78 is 37.7. The summed E-state index contributed by atoms with van der Waals surface area (Å²) in [4.78, 5) is 14.7. The Morgan fingerprint density at radius 2 is 2.11 bits per heavy atom. The Morgan fingerprint density at radius 1 is 1.47 bits per heavy atom. The lowest BCUT2D eigenvalue weighted by Crippen LogP contribution is -2.16. The Labute approximate surface area is 113 Å². The second kappa shape index (κ2) is 6.27. The third-order valence-electron chi connectivity index (χ3n) is 2.62. The molecule has 0 bridgehead atoms. The molecule has 0 aromatic carbocycles. The number of primary amides is 1. The Morgan fingerprint density at radius 3 is 2.58 bits per heavy atom. The van der Waals surface area contributed by atoms with Crippen molar-refractivity contribution in [3.05, 3.63) is 23.4 Å². The first kappa shape index (κ1) is 15.8. The molecule has 0 aliphatic rings. The number of carbonyl (C=O) groups excluding carboxylic acids is 1. The summed E-state index contributed by atoms with van der Waals surface area (Å²) in [5, 5.41) is 0.0441. The molecule has 0 aliphatic carbocycles. The van der Waals surface area contributed by atoms with Crippen LogP contribution in [0.3, 0.4) is 0 Å². The maximum Gasteiger partial charge on any atom is 0.433 e. The highest BCUT2D eigenvalue weighted by atomic mass is 32.2. The average molecular weight is 292 g/mol. The lowest BCUT2D eigenvalue weighted by atomic mass is 10.2. The van der Waals surface area contributed by atoms with Crippen molar-refractivity contribution in [1.29, 1.82) is 0 Å². The second-order valence-electron chi connectivity index (χ2n) is 4.24. The number of rotatable bonds is 5. The number of thioether (sulfide) groups is 1. The molecule has 0 fully saturated rings. The molecular weight excluding hydrogens is 277 g/mol. The van der Waals surface area contributed by atoms with Crippen molar-refractivity contribution < 1.29 is 18.0 Å². The number of alkyl halides is 3. The zero-order valence-corrected chi connectivity index (χ0v) is 11.4. The van der Waals surface area contributed by atoms with Crippen molar-refractivity contribution in [3.63, 3.8) is 0 Å². The molecule has 1 aromatic heterocycles. The molecule has 1 atom stereocenters. The fourth-order valence-corrected chi connectivity index (χ4v) is 2.40. The number of nitrogens with zero attached hydrogens (tertiary/aromatic N) is 1. The zero-order valence-electron chi connectivity index (χ0n) is 10.6. The molecule has 1 unspecified atom stereocenters. The molecule has 1 heterocycles. The van der Waals surface area contributed by atoms with Crippen molar-refractivity contribution in [1.82, 2.24) is 4.98 Å². The molecule has 0 saturated heterocycles. The maximum absolute atomic E-state index is 12.6. The van der Waals surface area contributed by atoms with E-state index in [0.29, 0.717) is 11.7 Å². The largest absolute Gasteiger partial charge is 0.433 e. The molecule has 1 aromatic rings. The van der Waals surface area contributed by atoms with Crippen LogP contribution in [0.25, 0.3) is 0 Å². The summed E-state index contributed by atoms with van der Waals surface area (Å²) in [5.74, 6) is 0.139. The van der Waals surface area contributed by atoms with Gasteiger partial charge in [0.1, 0.15) is 10.7 Å². The van der Waals surface area contributed by atoms with Crippen LogP contribution >= 0.6 is 11.8 Å². The predicted molar refractivity (Wildman–Crippen MR) is 67.9 cm³/mol. The minimum absolute atomic E-state index is 0.0290. The van der Waals surface area contributed by atoms with Gasteiger partial charge in [0.05, 0.1) is 5.56 Å². The lowest BCUT2D eigenvalue weighted by molar-refractivity contribution is -0.141.